The molecule has 2 amide bonds. The Hall–Kier alpha value is -3.74. The van der Waals surface area contributed by atoms with Gasteiger partial charge in [-0.05, 0) is 86.9 Å². The summed E-state index contributed by atoms with van der Waals surface area (Å²) >= 11 is 0. The van der Waals surface area contributed by atoms with Crippen LogP contribution in [-0.4, -0.2) is 54.9 Å². The Kier molecular flexibility index (Phi) is 9.93. The molecule has 2 aliphatic heterocycles. The molecule has 4 atom stereocenters. The van der Waals surface area contributed by atoms with Crippen LogP contribution < -0.4 is 11.1 Å². The van der Waals surface area contributed by atoms with Gasteiger partial charge in [0.05, 0.1) is 4.90 Å². The largest absolute Gasteiger partial charge is 0.355 e. The Morgan fingerprint density at radius 1 is 0.953 bits per heavy atom. The molecule has 4 N–H and O–H groups in total. The molecule has 2 heterocycles. The Labute approximate surface area is 248 Å². The fraction of sp³-hybridized carbons (Fsp3) is 0.355. The lowest BCUT2D eigenvalue weighted by atomic mass is 9.82. The van der Waals surface area contributed by atoms with Crippen LogP contribution in [0, 0.1) is 30.3 Å². The van der Waals surface area contributed by atoms with Gasteiger partial charge in [-0.25, -0.2) is 13.2 Å². The van der Waals surface area contributed by atoms with Gasteiger partial charge in [-0.1, -0.05) is 23.8 Å². The number of benzene rings is 3. The quantitative estimate of drug-likeness (QED) is 0.273. The molecule has 3 aromatic rings. The van der Waals surface area contributed by atoms with Crippen LogP contribution in [0.2, 0.25) is 0 Å². The Morgan fingerprint density at radius 3 is 2.12 bits per heavy atom. The molecule has 0 aliphatic carbocycles. The minimum atomic E-state index is -4.02. The number of nitrogens with one attached hydrogen (secondary N) is 1. The summed E-state index contributed by atoms with van der Waals surface area (Å²) in [6.07, 6.45) is 3.16. The molecule has 0 unspecified atom stereocenters. The summed E-state index contributed by atoms with van der Waals surface area (Å²) in [5.74, 6) is -3.43. The van der Waals surface area contributed by atoms with Crippen LogP contribution in [-0.2, 0) is 16.5 Å². The first kappa shape index (κ1) is 32.2. The number of carbonyl (C=O) groups is 2. The molecule has 43 heavy (non-hydrogen) atoms. The third-order valence-electron chi connectivity index (χ3n) is 8.07. The fourth-order valence-electron chi connectivity index (χ4n) is 5.84. The molecule has 0 spiro atoms. The van der Waals surface area contributed by atoms with Crippen LogP contribution in [0.25, 0.3) is 0 Å². The number of hydrogen-bond acceptors (Lipinski definition) is 5. The number of amides is 2. The second kappa shape index (κ2) is 13.3. The van der Waals surface area contributed by atoms with E-state index in [4.69, 9.17) is 10.3 Å². The Morgan fingerprint density at radius 2 is 1.53 bits per heavy atom. The topological polar surface area (TPSA) is 130 Å². The lowest BCUT2D eigenvalue weighted by Crippen LogP contribution is -2.50. The van der Waals surface area contributed by atoms with Crippen LogP contribution in [0.4, 0.5) is 13.2 Å². The maximum Gasteiger partial charge on any atom is 0.294 e. The third kappa shape index (κ3) is 7.62. The zero-order valence-corrected chi connectivity index (χ0v) is 24.6. The molecular formula is C31H34F3N3O5S. The highest BCUT2D eigenvalue weighted by Gasteiger charge is 2.44. The number of rotatable bonds is 6. The number of halogens is 3. The molecule has 0 saturated carbocycles. The first-order valence-electron chi connectivity index (χ1n) is 13.9. The van der Waals surface area contributed by atoms with Crippen LogP contribution in [0.3, 0.4) is 0 Å². The van der Waals surface area contributed by atoms with E-state index in [0.29, 0.717) is 30.0 Å². The third-order valence-corrected chi connectivity index (χ3v) is 8.94. The summed E-state index contributed by atoms with van der Waals surface area (Å²) in [7, 11) is -2.48. The second-order valence-electron chi connectivity index (χ2n) is 11.0. The average Bonchev–Trinajstić information content (AvgIpc) is 3.23. The van der Waals surface area contributed by atoms with Gasteiger partial charge < -0.3 is 16.0 Å². The zero-order chi connectivity index (χ0) is 31.5. The van der Waals surface area contributed by atoms with Crippen LogP contribution >= 0.6 is 0 Å². The van der Waals surface area contributed by atoms with Gasteiger partial charge in [0.15, 0.2) is 11.6 Å². The van der Waals surface area contributed by atoms with E-state index in [0.717, 1.165) is 24.5 Å². The first-order valence-corrected chi connectivity index (χ1v) is 15.3. The minimum absolute atomic E-state index is 0.00996. The van der Waals surface area contributed by atoms with Gasteiger partial charge in [0.1, 0.15) is 5.82 Å². The molecule has 12 heteroatoms. The molecule has 2 bridgehead atoms. The standard InChI is InChI=1S/C24H26F3N3O2.C7H8O3S/c1-29-23(31)13-3-2-4-14(7-13)24(32)30-17-5-6-18(30)9-16(8-17)22(28)11-15-10-20(26)21(27)12-19(15)25;1-6-2-4-7(5-3-6)11(8,9)10/h2-4,7,10,12,16-18,22H,5-6,8-9,11,28H2,1H3,(H,29,31);2-5H,1H3,(H,8,9,10)/t16-,17-,18+,22-;/m1./s1. The second-order valence-corrected chi connectivity index (χ2v) is 12.4. The average molecular weight is 618 g/mol. The van der Waals surface area contributed by atoms with Crippen molar-refractivity contribution < 1.29 is 35.7 Å². The van der Waals surface area contributed by atoms with E-state index in [1.54, 1.807) is 36.4 Å². The Balaban J connectivity index is 0.000000324. The smallest absolute Gasteiger partial charge is 0.294 e. The minimum Gasteiger partial charge on any atom is -0.355 e. The van der Waals surface area contributed by atoms with Gasteiger partial charge in [0, 0.05) is 42.4 Å². The van der Waals surface area contributed by atoms with Crippen LogP contribution in [0.5, 0.6) is 0 Å². The van der Waals surface area contributed by atoms with Gasteiger partial charge in [-0.3, -0.25) is 14.1 Å². The van der Waals surface area contributed by atoms with E-state index in [2.05, 4.69) is 5.32 Å². The van der Waals surface area contributed by atoms with Crippen molar-refractivity contribution in [3.05, 3.63) is 100 Å². The molecule has 8 nitrogen and oxygen atoms in total. The van der Waals surface area contributed by atoms with E-state index in [1.165, 1.54) is 19.2 Å². The monoisotopic (exact) mass is 617 g/mol. The molecule has 230 valence electrons. The van der Waals surface area contributed by atoms with Gasteiger partial charge in [-0.2, -0.15) is 8.42 Å². The van der Waals surface area contributed by atoms with E-state index < -0.39 is 33.6 Å². The van der Waals surface area contributed by atoms with Crippen LogP contribution in [0.15, 0.2) is 65.6 Å². The summed E-state index contributed by atoms with van der Waals surface area (Å²) < 4.78 is 70.3. The molecule has 3 aromatic carbocycles. The van der Waals surface area contributed by atoms with Crippen molar-refractivity contribution in [2.24, 2.45) is 11.7 Å². The SMILES string of the molecule is CNC(=O)c1cccc(C(=O)N2[C@@H]3CC[C@H]2C[C@H]([C@H](N)Cc2cc(F)c(F)cc2F)C3)c1.Cc1ccc(S(=O)(=O)O)cc1. The molecule has 2 aliphatic rings. The highest BCUT2D eigenvalue weighted by atomic mass is 32.2. The molecule has 0 radical (unpaired) electrons. The van der Waals surface area contributed by atoms with Crippen LogP contribution in [0.1, 0.15) is 57.5 Å². The van der Waals surface area contributed by atoms with Gasteiger partial charge in [0.2, 0.25) is 0 Å². The number of nitrogens with zero attached hydrogens (tertiary/aromatic N) is 1. The Bertz CT molecular complexity index is 1590. The molecular weight excluding hydrogens is 583 g/mol. The molecule has 0 aromatic heterocycles. The predicted octanol–water partition coefficient (Wildman–Crippen LogP) is 4.66. The molecule has 5 rings (SSSR count). The van der Waals surface area contributed by atoms with Crippen molar-refractivity contribution in [1.82, 2.24) is 10.2 Å². The fourth-order valence-corrected chi connectivity index (χ4v) is 6.32. The highest BCUT2D eigenvalue weighted by molar-refractivity contribution is 7.85. The number of nitrogens with two attached hydrogens (primary N) is 1. The lowest BCUT2D eigenvalue weighted by Gasteiger charge is -2.41. The number of aryl methyl sites for hydroxylation is 1. The van der Waals surface area contributed by atoms with Crippen molar-refractivity contribution >= 4 is 21.9 Å². The van der Waals surface area contributed by atoms with Gasteiger partial charge in [0.25, 0.3) is 21.9 Å². The highest BCUT2D eigenvalue weighted by Crippen LogP contribution is 2.41. The lowest BCUT2D eigenvalue weighted by molar-refractivity contribution is 0.0500. The van der Waals surface area contributed by atoms with Crippen molar-refractivity contribution in [2.45, 2.75) is 62.0 Å². The number of carbonyl (C=O) groups excluding carboxylic acids is 2. The number of hydrogen-bond donors (Lipinski definition) is 3. The summed E-state index contributed by atoms with van der Waals surface area (Å²) in [6, 6.07) is 13.7. The zero-order valence-electron chi connectivity index (χ0n) is 23.8. The van der Waals surface area contributed by atoms with E-state index in [9.17, 15) is 31.2 Å². The van der Waals surface area contributed by atoms with Gasteiger partial charge in [-0.15, -0.1) is 0 Å². The first-order chi connectivity index (χ1) is 20.3. The normalized spacial score (nSPS) is 20.2. The maximum atomic E-state index is 14.1. The number of fused-ring (bicyclic) bond motifs is 2. The van der Waals surface area contributed by atoms with E-state index >= 15 is 0 Å². The summed E-state index contributed by atoms with van der Waals surface area (Å²) in [5.41, 5.74) is 8.27. The van der Waals surface area contributed by atoms with Crippen molar-refractivity contribution in [3.63, 3.8) is 0 Å². The predicted molar refractivity (Wildman–Crippen MR) is 155 cm³/mol. The summed E-state index contributed by atoms with van der Waals surface area (Å²) in [4.78, 5) is 27.0. The molecule has 2 fully saturated rings. The van der Waals surface area contributed by atoms with Crippen molar-refractivity contribution in [2.75, 3.05) is 7.05 Å². The van der Waals surface area contributed by atoms with E-state index in [-0.39, 0.29) is 46.7 Å². The maximum absolute atomic E-state index is 14.1. The van der Waals surface area contributed by atoms with Crippen molar-refractivity contribution in [3.8, 4) is 0 Å². The summed E-state index contributed by atoms with van der Waals surface area (Å²) in [6.45, 7) is 1.84. The van der Waals surface area contributed by atoms with Gasteiger partial charge >= 0.3 is 0 Å². The number of piperidine rings is 1. The summed E-state index contributed by atoms with van der Waals surface area (Å²) in [5, 5.41) is 2.56. The van der Waals surface area contributed by atoms with E-state index in [1.807, 2.05) is 11.8 Å². The molecule has 2 saturated heterocycles. The van der Waals surface area contributed by atoms with Crippen molar-refractivity contribution in [1.29, 1.82) is 0 Å².